The minimum absolute atomic E-state index is 0.102. The van der Waals surface area contributed by atoms with Crippen molar-refractivity contribution in [1.29, 1.82) is 0 Å². The third kappa shape index (κ3) is 4.26. The molecule has 1 saturated carbocycles. The van der Waals surface area contributed by atoms with Gasteiger partial charge in [0.25, 0.3) is 0 Å². The van der Waals surface area contributed by atoms with Gasteiger partial charge < -0.3 is 25.7 Å². The zero-order valence-electron chi connectivity index (χ0n) is 20.8. The highest BCUT2D eigenvalue weighted by molar-refractivity contribution is 6.02. The molecule has 38 heavy (non-hydrogen) atoms. The number of nitrogens with zero attached hydrogens (tertiary/aromatic N) is 3. The average molecular weight is 509 g/mol. The Labute approximate surface area is 219 Å². The number of hydrogen-bond acceptors (Lipinski definition) is 6. The first kappa shape index (κ1) is 23.7. The molecule has 6 rings (SSSR count). The van der Waals surface area contributed by atoms with Crippen molar-refractivity contribution in [2.75, 3.05) is 5.73 Å². The van der Waals surface area contributed by atoms with Crippen LogP contribution in [0.3, 0.4) is 0 Å². The standard InChI is InChI=1S/C29H28N6O3/c1-2-23(36)34-29(14-15-29)28(37)33-19-10-13-22-24(25-26(30)31-17-32-27(25)35(22)16-19)18-8-11-21(12-9-18)38-20-6-4-3-5-7-20/h2-9,11-12,17,19H,1,10,13-16H2,(H,33,37)(H,34,36)(H2,30,31,32)/t19-/m1/s1. The number of para-hydroxylation sites is 1. The predicted molar refractivity (Wildman–Crippen MR) is 144 cm³/mol. The van der Waals surface area contributed by atoms with Crippen molar-refractivity contribution in [3.63, 3.8) is 0 Å². The van der Waals surface area contributed by atoms with Gasteiger partial charge in [-0.3, -0.25) is 9.59 Å². The van der Waals surface area contributed by atoms with E-state index < -0.39 is 5.54 Å². The van der Waals surface area contributed by atoms with E-state index >= 15 is 0 Å². The molecule has 9 nitrogen and oxygen atoms in total. The van der Waals surface area contributed by atoms with Crippen LogP contribution in [0.25, 0.3) is 22.2 Å². The number of amides is 2. The smallest absolute Gasteiger partial charge is 0.246 e. The predicted octanol–water partition coefficient (Wildman–Crippen LogP) is 3.74. The summed E-state index contributed by atoms with van der Waals surface area (Å²) >= 11 is 0. The fourth-order valence-corrected chi connectivity index (χ4v) is 5.21. The molecule has 3 heterocycles. The van der Waals surface area contributed by atoms with Crippen molar-refractivity contribution in [3.8, 4) is 22.6 Å². The second kappa shape index (κ2) is 9.33. The molecule has 0 saturated heterocycles. The molecule has 0 bridgehead atoms. The number of fused-ring (bicyclic) bond motifs is 3. The molecule has 2 aromatic heterocycles. The maximum atomic E-state index is 13.0. The quantitative estimate of drug-likeness (QED) is 0.327. The number of carbonyl (C=O) groups excluding carboxylic acids is 2. The van der Waals surface area contributed by atoms with Crippen LogP contribution in [0.5, 0.6) is 11.5 Å². The number of anilines is 1. The van der Waals surface area contributed by atoms with Crippen LogP contribution < -0.4 is 21.1 Å². The van der Waals surface area contributed by atoms with Crippen molar-refractivity contribution in [3.05, 3.63) is 79.3 Å². The molecule has 2 amide bonds. The van der Waals surface area contributed by atoms with Gasteiger partial charge in [0.05, 0.1) is 5.39 Å². The van der Waals surface area contributed by atoms with Crippen LogP contribution in [0.4, 0.5) is 5.82 Å². The molecule has 0 unspecified atom stereocenters. The topological polar surface area (TPSA) is 124 Å². The third-order valence-electron chi connectivity index (χ3n) is 7.30. The van der Waals surface area contributed by atoms with Crippen LogP contribution in [0, 0.1) is 0 Å². The minimum Gasteiger partial charge on any atom is -0.457 e. The van der Waals surface area contributed by atoms with E-state index in [9.17, 15) is 9.59 Å². The van der Waals surface area contributed by atoms with E-state index in [0.29, 0.717) is 25.2 Å². The SMILES string of the molecule is C=CC(=O)NC1(C(=O)N[C@@H]2CCc3c(-c4ccc(Oc5ccccc5)cc4)c4c(N)ncnc4n3C2)CC1. The Morgan fingerprint density at radius 2 is 1.82 bits per heavy atom. The van der Waals surface area contributed by atoms with Crippen LogP contribution >= 0.6 is 0 Å². The van der Waals surface area contributed by atoms with Gasteiger partial charge in [0.15, 0.2) is 0 Å². The van der Waals surface area contributed by atoms with Crippen molar-refractivity contribution in [2.45, 2.75) is 43.8 Å². The molecule has 0 spiro atoms. The number of carbonyl (C=O) groups is 2. The zero-order chi connectivity index (χ0) is 26.3. The van der Waals surface area contributed by atoms with Crippen LogP contribution in [-0.2, 0) is 22.6 Å². The molecule has 2 aliphatic rings. The molecule has 1 fully saturated rings. The summed E-state index contributed by atoms with van der Waals surface area (Å²) in [5.74, 6) is 1.44. The van der Waals surface area contributed by atoms with Crippen molar-refractivity contribution >= 4 is 28.7 Å². The van der Waals surface area contributed by atoms with E-state index in [1.54, 1.807) is 0 Å². The van der Waals surface area contributed by atoms with E-state index in [0.717, 1.165) is 52.2 Å². The van der Waals surface area contributed by atoms with Crippen molar-refractivity contribution in [2.24, 2.45) is 0 Å². The molecule has 4 N–H and O–H groups in total. The van der Waals surface area contributed by atoms with Gasteiger partial charge in [0.2, 0.25) is 11.8 Å². The summed E-state index contributed by atoms with van der Waals surface area (Å²) in [7, 11) is 0. The van der Waals surface area contributed by atoms with Crippen LogP contribution in [0.1, 0.15) is 25.0 Å². The van der Waals surface area contributed by atoms with Crippen LogP contribution in [-0.4, -0.2) is 37.9 Å². The van der Waals surface area contributed by atoms with E-state index in [-0.39, 0.29) is 17.9 Å². The molecule has 4 aromatic rings. The highest BCUT2D eigenvalue weighted by atomic mass is 16.5. The van der Waals surface area contributed by atoms with E-state index in [4.69, 9.17) is 10.5 Å². The monoisotopic (exact) mass is 508 g/mol. The summed E-state index contributed by atoms with van der Waals surface area (Å²) in [6.07, 6.45) is 5.39. The lowest BCUT2D eigenvalue weighted by Gasteiger charge is -2.28. The maximum absolute atomic E-state index is 13.0. The number of hydrogen-bond donors (Lipinski definition) is 3. The Hall–Kier alpha value is -4.66. The van der Waals surface area contributed by atoms with Gasteiger partial charge in [-0.15, -0.1) is 0 Å². The van der Waals surface area contributed by atoms with Gasteiger partial charge in [-0.05, 0) is 61.6 Å². The summed E-state index contributed by atoms with van der Waals surface area (Å²) in [6.45, 7) is 4.03. The number of aromatic nitrogens is 3. The number of nitrogens with two attached hydrogens (primary N) is 1. The molecule has 0 radical (unpaired) electrons. The van der Waals surface area contributed by atoms with Gasteiger partial charge in [0, 0.05) is 23.8 Å². The van der Waals surface area contributed by atoms with E-state index in [1.807, 2.05) is 54.6 Å². The number of rotatable bonds is 7. The molecule has 9 heteroatoms. The van der Waals surface area contributed by atoms with Crippen LogP contribution in [0.2, 0.25) is 0 Å². The van der Waals surface area contributed by atoms with Crippen molar-refractivity contribution in [1.82, 2.24) is 25.2 Å². The van der Waals surface area contributed by atoms with Crippen LogP contribution in [0.15, 0.2) is 73.6 Å². The Morgan fingerprint density at radius 1 is 1.08 bits per heavy atom. The van der Waals surface area contributed by atoms with Gasteiger partial charge in [0.1, 0.15) is 34.8 Å². The first-order chi connectivity index (χ1) is 18.5. The van der Waals surface area contributed by atoms with Gasteiger partial charge in [-0.2, -0.15) is 0 Å². The lowest BCUT2D eigenvalue weighted by atomic mass is 9.97. The molecule has 1 aliphatic carbocycles. The van der Waals surface area contributed by atoms with Crippen molar-refractivity contribution < 1.29 is 14.3 Å². The number of nitrogen functional groups attached to an aromatic ring is 1. The van der Waals surface area contributed by atoms with E-state index in [2.05, 4.69) is 31.7 Å². The minimum atomic E-state index is -0.828. The summed E-state index contributed by atoms with van der Waals surface area (Å²) in [4.78, 5) is 33.7. The highest BCUT2D eigenvalue weighted by Gasteiger charge is 2.51. The lowest BCUT2D eigenvalue weighted by Crippen LogP contribution is -2.52. The fraction of sp³-hybridized carbons (Fsp3) is 0.241. The molecule has 1 atom stereocenters. The second-order valence-electron chi connectivity index (χ2n) is 9.81. The molecule has 192 valence electrons. The number of nitrogens with one attached hydrogen (secondary N) is 2. The largest absolute Gasteiger partial charge is 0.457 e. The summed E-state index contributed by atoms with van der Waals surface area (Å²) in [5, 5.41) is 6.74. The summed E-state index contributed by atoms with van der Waals surface area (Å²) in [5.41, 5.74) is 9.40. The number of ether oxygens (including phenoxy) is 1. The third-order valence-corrected chi connectivity index (χ3v) is 7.30. The molecular weight excluding hydrogens is 480 g/mol. The second-order valence-corrected chi connectivity index (χ2v) is 9.81. The number of benzene rings is 2. The summed E-state index contributed by atoms with van der Waals surface area (Å²) in [6, 6.07) is 17.5. The normalized spacial score (nSPS) is 17.3. The fourth-order valence-electron chi connectivity index (χ4n) is 5.21. The Bertz CT molecular complexity index is 1540. The highest BCUT2D eigenvalue weighted by Crippen LogP contribution is 2.40. The molecule has 1 aliphatic heterocycles. The Kier molecular flexibility index (Phi) is 5.83. The first-order valence-corrected chi connectivity index (χ1v) is 12.7. The lowest BCUT2D eigenvalue weighted by molar-refractivity contribution is -0.128. The van der Waals surface area contributed by atoms with E-state index in [1.165, 1.54) is 12.4 Å². The average Bonchev–Trinajstić information content (AvgIpc) is 3.64. The maximum Gasteiger partial charge on any atom is 0.246 e. The van der Waals surface area contributed by atoms with Gasteiger partial charge in [-0.25, -0.2) is 9.97 Å². The molecular formula is C29H28N6O3. The Balaban J connectivity index is 1.28. The van der Waals surface area contributed by atoms with Gasteiger partial charge in [-0.1, -0.05) is 36.9 Å². The zero-order valence-corrected chi connectivity index (χ0v) is 20.8. The first-order valence-electron chi connectivity index (χ1n) is 12.7. The van der Waals surface area contributed by atoms with Gasteiger partial charge >= 0.3 is 0 Å². The molecule has 2 aromatic carbocycles. The Morgan fingerprint density at radius 3 is 2.53 bits per heavy atom. The summed E-state index contributed by atoms with van der Waals surface area (Å²) < 4.78 is 8.10.